The third-order valence-electron chi connectivity index (χ3n) is 4.90. The summed E-state index contributed by atoms with van der Waals surface area (Å²) in [6.45, 7) is 1.21. The molecule has 0 radical (unpaired) electrons. The zero-order chi connectivity index (χ0) is 19.8. The Labute approximate surface area is 172 Å². The summed E-state index contributed by atoms with van der Waals surface area (Å²) < 4.78 is 0.850. The highest BCUT2D eigenvalue weighted by molar-refractivity contribution is 9.10. The zero-order valence-electron chi connectivity index (χ0n) is 15.8. The van der Waals surface area contributed by atoms with Crippen LogP contribution in [-0.2, 0) is 0 Å². The molecule has 0 atom stereocenters. The first-order chi connectivity index (χ1) is 13.5. The van der Waals surface area contributed by atoms with Crippen molar-refractivity contribution in [2.75, 3.05) is 27.2 Å². The lowest BCUT2D eigenvalue weighted by atomic mass is 9.98. The minimum Gasteiger partial charge on any atom is -0.309 e. The van der Waals surface area contributed by atoms with Crippen LogP contribution in [0.15, 0.2) is 53.0 Å². The van der Waals surface area contributed by atoms with Crippen molar-refractivity contribution >= 4 is 38.6 Å². The molecule has 2 aromatic carbocycles. The number of aromatic nitrogens is 1. The number of carbonyl (C=O) groups is 2. The Kier molecular flexibility index (Phi) is 5.00. The van der Waals surface area contributed by atoms with Crippen LogP contribution in [0.4, 0.5) is 0 Å². The quantitative estimate of drug-likeness (QED) is 0.560. The van der Waals surface area contributed by atoms with E-state index in [0.717, 1.165) is 23.0 Å². The molecule has 3 aromatic rings. The third-order valence-corrected chi connectivity index (χ3v) is 5.39. The predicted octanol–water partition coefficient (Wildman–Crippen LogP) is 4.21. The number of imide groups is 1. The lowest BCUT2D eigenvalue weighted by Gasteiger charge is -2.15. The summed E-state index contributed by atoms with van der Waals surface area (Å²) in [5.74, 6) is -0.492. The SMILES string of the molecule is CN(C)CCCN1C(=O)c2c(-c3ccccc3)nc3ccc(Br)cc3c2C1=O. The van der Waals surface area contributed by atoms with Gasteiger partial charge >= 0.3 is 0 Å². The van der Waals surface area contributed by atoms with Gasteiger partial charge in [0.25, 0.3) is 11.8 Å². The van der Waals surface area contributed by atoms with Crippen LogP contribution in [0.25, 0.3) is 22.2 Å². The second-order valence-corrected chi connectivity index (χ2v) is 8.07. The monoisotopic (exact) mass is 437 g/mol. The number of carbonyl (C=O) groups excluding carboxylic acids is 2. The number of amides is 2. The number of benzene rings is 2. The second-order valence-electron chi connectivity index (χ2n) is 7.16. The van der Waals surface area contributed by atoms with Gasteiger partial charge in [-0.25, -0.2) is 4.98 Å². The van der Waals surface area contributed by atoms with Crippen LogP contribution in [0, 0.1) is 0 Å². The van der Waals surface area contributed by atoms with Gasteiger partial charge in [-0.3, -0.25) is 14.5 Å². The maximum Gasteiger partial charge on any atom is 0.263 e. The number of halogens is 1. The fourth-order valence-corrected chi connectivity index (χ4v) is 3.94. The summed E-state index contributed by atoms with van der Waals surface area (Å²) in [6.07, 6.45) is 0.730. The van der Waals surface area contributed by atoms with Gasteiger partial charge in [-0.15, -0.1) is 0 Å². The summed E-state index contributed by atoms with van der Waals surface area (Å²) in [5, 5.41) is 0.706. The number of fused-ring (bicyclic) bond motifs is 3. The number of pyridine rings is 1. The van der Waals surface area contributed by atoms with Crippen LogP contribution in [0.2, 0.25) is 0 Å². The minimum absolute atomic E-state index is 0.235. The van der Waals surface area contributed by atoms with E-state index in [9.17, 15) is 9.59 Å². The van der Waals surface area contributed by atoms with Gasteiger partial charge in [0.05, 0.1) is 22.3 Å². The maximum absolute atomic E-state index is 13.2. The molecule has 0 bridgehead atoms. The molecule has 5 nitrogen and oxygen atoms in total. The summed E-state index contributed by atoms with van der Waals surface area (Å²) >= 11 is 3.47. The van der Waals surface area contributed by atoms with Crippen molar-refractivity contribution in [1.82, 2.24) is 14.8 Å². The molecule has 0 unspecified atom stereocenters. The van der Waals surface area contributed by atoms with Crippen LogP contribution in [0.3, 0.4) is 0 Å². The fourth-order valence-electron chi connectivity index (χ4n) is 3.58. The average molecular weight is 438 g/mol. The van der Waals surface area contributed by atoms with Gasteiger partial charge in [-0.2, -0.15) is 0 Å². The summed E-state index contributed by atoms with van der Waals surface area (Å²) in [6, 6.07) is 15.2. The van der Waals surface area contributed by atoms with E-state index in [0.29, 0.717) is 34.3 Å². The smallest absolute Gasteiger partial charge is 0.263 e. The minimum atomic E-state index is -0.257. The molecule has 0 aliphatic carbocycles. The van der Waals surface area contributed by atoms with Gasteiger partial charge in [-0.05, 0) is 45.3 Å². The third kappa shape index (κ3) is 3.23. The van der Waals surface area contributed by atoms with Gasteiger partial charge in [0.1, 0.15) is 0 Å². The normalized spacial score (nSPS) is 13.6. The van der Waals surface area contributed by atoms with E-state index in [-0.39, 0.29) is 11.8 Å². The molecule has 6 heteroatoms. The number of rotatable bonds is 5. The Balaban J connectivity index is 1.89. The Bertz CT molecular complexity index is 1080. The molecule has 0 N–H and O–H groups in total. The molecule has 0 saturated heterocycles. The van der Waals surface area contributed by atoms with Crippen molar-refractivity contribution in [1.29, 1.82) is 0 Å². The maximum atomic E-state index is 13.2. The first-order valence-electron chi connectivity index (χ1n) is 9.17. The standard InChI is InChI=1S/C22H20BrN3O2/c1-25(2)11-6-12-26-21(27)18-16-13-15(23)9-10-17(16)24-20(19(18)22(26)28)14-7-4-3-5-8-14/h3-5,7-10,13H,6,11-12H2,1-2H3. The van der Waals surface area contributed by atoms with Crippen molar-refractivity contribution in [3.8, 4) is 11.3 Å². The van der Waals surface area contributed by atoms with Crippen molar-refractivity contribution in [2.24, 2.45) is 0 Å². The van der Waals surface area contributed by atoms with Crippen LogP contribution in [0.1, 0.15) is 27.1 Å². The van der Waals surface area contributed by atoms with Gasteiger partial charge in [0.2, 0.25) is 0 Å². The van der Waals surface area contributed by atoms with E-state index < -0.39 is 0 Å². The predicted molar refractivity (Wildman–Crippen MR) is 113 cm³/mol. The van der Waals surface area contributed by atoms with Crippen LogP contribution in [0.5, 0.6) is 0 Å². The van der Waals surface area contributed by atoms with Gasteiger partial charge < -0.3 is 4.90 Å². The van der Waals surface area contributed by atoms with Crippen LogP contribution >= 0.6 is 15.9 Å². The highest BCUT2D eigenvalue weighted by Gasteiger charge is 2.39. The Morgan fingerprint density at radius 2 is 1.71 bits per heavy atom. The van der Waals surface area contributed by atoms with E-state index in [1.165, 1.54) is 4.90 Å². The van der Waals surface area contributed by atoms with Crippen LogP contribution in [-0.4, -0.2) is 53.8 Å². The van der Waals surface area contributed by atoms with Crippen molar-refractivity contribution in [3.05, 3.63) is 64.1 Å². The van der Waals surface area contributed by atoms with E-state index in [4.69, 9.17) is 4.98 Å². The van der Waals surface area contributed by atoms with Gasteiger partial charge in [0, 0.05) is 22.0 Å². The molecule has 1 aliphatic heterocycles. The molecule has 1 aromatic heterocycles. The Morgan fingerprint density at radius 3 is 2.43 bits per heavy atom. The molecule has 0 fully saturated rings. The van der Waals surface area contributed by atoms with E-state index in [1.54, 1.807) is 0 Å². The number of hydrogen-bond donors (Lipinski definition) is 0. The van der Waals surface area contributed by atoms with E-state index in [1.807, 2.05) is 67.5 Å². The molecule has 142 valence electrons. The molecule has 2 heterocycles. The molecule has 28 heavy (non-hydrogen) atoms. The lowest BCUT2D eigenvalue weighted by Crippen LogP contribution is -2.32. The van der Waals surface area contributed by atoms with E-state index in [2.05, 4.69) is 15.9 Å². The van der Waals surface area contributed by atoms with Crippen LogP contribution < -0.4 is 0 Å². The topological polar surface area (TPSA) is 53.5 Å². The molecule has 1 aliphatic rings. The number of hydrogen-bond acceptors (Lipinski definition) is 4. The summed E-state index contributed by atoms with van der Waals surface area (Å²) in [5.41, 5.74) is 2.97. The van der Waals surface area contributed by atoms with Gasteiger partial charge in [0.15, 0.2) is 0 Å². The van der Waals surface area contributed by atoms with Gasteiger partial charge in [-0.1, -0.05) is 46.3 Å². The molecule has 0 spiro atoms. The second kappa shape index (κ2) is 7.45. The highest BCUT2D eigenvalue weighted by Crippen LogP contribution is 2.37. The summed E-state index contributed by atoms with van der Waals surface area (Å²) in [4.78, 5) is 34.6. The fraction of sp³-hybridized carbons (Fsp3) is 0.227. The number of nitrogens with zero attached hydrogens (tertiary/aromatic N) is 3. The first kappa shape index (κ1) is 18.8. The molecule has 2 amide bonds. The molecular weight excluding hydrogens is 418 g/mol. The molecular formula is C22H20BrN3O2. The summed E-state index contributed by atoms with van der Waals surface area (Å²) in [7, 11) is 3.95. The largest absolute Gasteiger partial charge is 0.309 e. The first-order valence-corrected chi connectivity index (χ1v) is 9.96. The molecule has 4 rings (SSSR count). The average Bonchev–Trinajstić information content (AvgIpc) is 2.93. The lowest BCUT2D eigenvalue weighted by molar-refractivity contribution is 0.0650. The van der Waals surface area contributed by atoms with Crippen molar-refractivity contribution in [2.45, 2.75) is 6.42 Å². The zero-order valence-corrected chi connectivity index (χ0v) is 17.4. The highest BCUT2D eigenvalue weighted by atomic mass is 79.9. The van der Waals surface area contributed by atoms with E-state index >= 15 is 0 Å². The van der Waals surface area contributed by atoms with Crippen molar-refractivity contribution < 1.29 is 9.59 Å². The van der Waals surface area contributed by atoms with Crippen molar-refractivity contribution in [3.63, 3.8) is 0 Å². The Morgan fingerprint density at radius 1 is 1.00 bits per heavy atom. The Hall–Kier alpha value is -2.57. The molecule has 0 saturated carbocycles.